The molecule has 1 aliphatic heterocycles. The summed E-state index contributed by atoms with van der Waals surface area (Å²) in [6, 6.07) is 0. The SMILES string of the molecule is O=C1COC(CO)C(O)=C1O. The Balaban J connectivity index is 2.87. The van der Waals surface area contributed by atoms with Crippen LogP contribution in [0.15, 0.2) is 11.5 Å². The van der Waals surface area contributed by atoms with Gasteiger partial charge in [0.1, 0.15) is 12.7 Å². The smallest absolute Gasteiger partial charge is 0.226 e. The van der Waals surface area contributed by atoms with E-state index in [1.807, 2.05) is 0 Å². The third-order valence-electron chi connectivity index (χ3n) is 1.39. The van der Waals surface area contributed by atoms with Crippen molar-refractivity contribution in [2.75, 3.05) is 13.2 Å². The molecule has 0 amide bonds. The van der Waals surface area contributed by atoms with E-state index in [2.05, 4.69) is 4.74 Å². The number of ketones is 1. The molecule has 0 aliphatic carbocycles. The van der Waals surface area contributed by atoms with E-state index in [-0.39, 0.29) is 6.61 Å². The fraction of sp³-hybridized carbons (Fsp3) is 0.500. The van der Waals surface area contributed by atoms with Gasteiger partial charge in [-0.25, -0.2) is 0 Å². The van der Waals surface area contributed by atoms with Crippen molar-refractivity contribution in [1.29, 1.82) is 0 Å². The topological polar surface area (TPSA) is 87.0 Å². The summed E-state index contributed by atoms with van der Waals surface area (Å²) in [6.07, 6.45) is -0.965. The molecule has 62 valence electrons. The lowest BCUT2D eigenvalue weighted by Crippen LogP contribution is -2.32. The first kappa shape index (κ1) is 8.03. The van der Waals surface area contributed by atoms with Gasteiger partial charge in [-0.15, -0.1) is 0 Å². The van der Waals surface area contributed by atoms with E-state index < -0.39 is 30.0 Å². The second-order valence-corrected chi connectivity index (χ2v) is 2.14. The normalized spacial score (nSPS) is 25.9. The summed E-state index contributed by atoms with van der Waals surface area (Å²) < 4.78 is 4.65. The first-order valence-corrected chi connectivity index (χ1v) is 3.04. The quantitative estimate of drug-likeness (QED) is 0.471. The monoisotopic (exact) mass is 160 g/mol. The predicted octanol–water partition coefficient (Wildman–Crippen LogP) is -0.726. The third-order valence-corrected chi connectivity index (χ3v) is 1.39. The fourth-order valence-electron chi connectivity index (χ4n) is 0.758. The molecule has 0 aromatic heterocycles. The Morgan fingerprint density at radius 3 is 2.73 bits per heavy atom. The zero-order valence-electron chi connectivity index (χ0n) is 5.65. The van der Waals surface area contributed by atoms with Gasteiger partial charge in [-0.2, -0.15) is 0 Å². The molecule has 5 heteroatoms. The van der Waals surface area contributed by atoms with Crippen LogP contribution in [0.25, 0.3) is 0 Å². The minimum atomic E-state index is -0.965. The van der Waals surface area contributed by atoms with E-state index >= 15 is 0 Å². The highest BCUT2D eigenvalue weighted by Gasteiger charge is 2.28. The van der Waals surface area contributed by atoms with Crippen LogP contribution in [-0.4, -0.2) is 40.4 Å². The maximum absolute atomic E-state index is 10.6. The van der Waals surface area contributed by atoms with Crippen LogP contribution in [0.5, 0.6) is 0 Å². The van der Waals surface area contributed by atoms with Crippen molar-refractivity contribution in [3.05, 3.63) is 11.5 Å². The summed E-state index contributed by atoms with van der Waals surface area (Å²) in [5, 5.41) is 26.3. The van der Waals surface area contributed by atoms with Crippen LogP contribution in [0.2, 0.25) is 0 Å². The number of aliphatic hydroxyl groups excluding tert-OH is 3. The fourth-order valence-corrected chi connectivity index (χ4v) is 0.758. The highest BCUT2D eigenvalue weighted by Crippen LogP contribution is 2.13. The van der Waals surface area contributed by atoms with Gasteiger partial charge in [-0.1, -0.05) is 0 Å². The van der Waals surface area contributed by atoms with E-state index in [9.17, 15) is 4.79 Å². The summed E-state index contributed by atoms with van der Waals surface area (Å²) in [6.45, 7) is -0.760. The number of carbonyl (C=O) groups is 1. The molecule has 11 heavy (non-hydrogen) atoms. The number of Topliss-reactive ketones (excluding diaryl/α,β-unsaturated/α-hetero) is 1. The molecule has 0 radical (unpaired) electrons. The van der Waals surface area contributed by atoms with Gasteiger partial charge in [0.2, 0.25) is 11.5 Å². The molecule has 0 fully saturated rings. The molecule has 0 bridgehead atoms. The maximum atomic E-state index is 10.6. The molecule has 0 saturated heterocycles. The summed E-state index contributed by atoms with van der Waals surface area (Å²) >= 11 is 0. The molecular formula is C6H8O5. The predicted molar refractivity (Wildman–Crippen MR) is 34.1 cm³/mol. The van der Waals surface area contributed by atoms with E-state index in [0.29, 0.717) is 0 Å². The van der Waals surface area contributed by atoms with E-state index in [0.717, 1.165) is 0 Å². The number of ether oxygens (including phenoxy) is 1. The highest BCUT2D eigenvalue weighted by atomic mass is 16.5. The number of carbonyl (C=O) groups excluding carboxylic acids is 1. The first-order valence-electron chi connectivity index (χ1n) is 3.04. The average Bonchev–Trinajstić information content (AvgIpc) is 2.01. The highest BCUT2D eigenvalue weighted by molar-refractivity contribution is 5.95. The van der Waals surface area contributed by atoms with Crippen molar-refractivity contribution >= 4 is 5.78 Å². The first-order chi connectivity index (χ1) is 5.16. The number of hydrogen-bond acceptors (Lipinski definition) is 5. The molecule has 0 aromatic rings. The minimum Gasteiger partial charge on any atom is -0.506 e. The second kappa shape index (κ2) is 2.89. The largest absolute Gasteiger partial charge is 0.506 e. The van der Waals surface area contributed by atoms with E-state index in [1.54, 1.807) is 0 Å². The summed E-state index contributed by atoms with van der Waals surface area (Å²) in [5.41, 5.74) is 0. The lowest BCUT2D eigenvalue weighted by molar-refractivity contribution is -0.129. The van der Waals surface area contributed by atoms with Gasteiger partial charge in [0, 0.05) is 0 Å². The lowest BCUT2D eigenvalue weighted by Gasteiger charge is -2.19. The molecule has 1 atom stereocenters. The Morgan fingerprint density at radius 2 is 2.18 bits per heavy atom. The van der Waals surface area contributed by atoms with Crippen molar-refractivity contribution in [2.45, 2.75) is 6.10 Å². The zero-order valence-corrected chi connectivity index (χ0v) is 5.65. The number of aliphatic hydroxyl groups is 3. The summed E-state index contributed by atoms with van der Waals surface area (Å²) in [7, 11) is 0. The van der Waals surface area contributed by atoms with Gasteiger partial charge < -0.3 is 20.1 Å². The minimum absolute atomic E-state index is 0.304. The Morgan fingerprint density at radius 1 is 1.55 bits per heavy atom. The van der Waals surface area contributed by atoms with Gasteiger partial charge in [-0.3, -0.25) is 4.79 Å². The van der Waals surface area contributed by atoms with Crippen LogP contribution < -0.4 is 0 Å². The van der Waals surface area contributed by atoms with E-state index in [1.165, 1.54) is 0 Å². The van der Waals surface area contributed by atoms with Gasteiger partial charge in [-0.05, 0) is 0 Å². The standard InChI is InChI=1S/C6H8O5/c7-1-4-6(10)5(9)3(8)2-11-4/h4,7,9-10H,1-2H2. The van der Waals surface area contributed by atoms with Crippen LogP contribution >= 0.6 is 0 Å². The maximum Gasteiger partial charge on any atom is 0.226 e. The third kappa shape index (κ3) is 1.33. The Kier molecular flexibility index (Phi) is 2.11. The van der Waals surface area contributed by atoms with Crippen LogP contribution in [0.4, 0.5) is 0 Å². The second-order valence-electron chi connectivity index (χ2n) is 2.14. The molecule has 0 spiro atoms. The molecule has 5 nitrogen and oxygen atoms in total. The molecule has 1 heterocycles. The number of hydrogen-bond donors (Lipinski definition) is 3. The average molecular weight is 160 g/mol. The van der Waals surface area contributed by atoms with Crippen LogP contribution in [-0.2, 0) is 9.53 Å². The van der Waals surface area contributed by atoms with Gasteiger partial charge in [0.25, 0.3) is 0 Å². The summed E-state index contributed by atoms with van der Waals surface area (Å²) in [4.78, 5) is 10.6. The molecule has 3 N–H and O–H groups in total. The van der Waals surface area contributed by atoms with Crippen molar-refractivity contribution < 1.29 is 24.9 Å². The summed E-state index contributed by atoms with van der Waals surface area (Å²) in [5.74, 6) is -1.98. The zero-order chi connectivity index (χ0) is 8.43. The van der Waals surface area contributed by atoms with Crippen molar-refractivity contribution in [3.8, 4) is 0 Å². The Hall–Kier alpha value is -1.07. The van der Waals surface area contributed by atoms with Gasteiger partial charge in [0.05, 0.1) is 6.61 Å². The van der Waals surface area contributed by atoms with Crippen LogP contribution in [0.3, 0.4) is 0 Å². The molecular weight excluding hydrogens is 152 g/mol. The van der Waals surface area contributed by atoms with Crippen LogP contribution in [0, 0.1) is 0 Å². The Labute approximate surface area is 62.5 Å². The molecule has 1 aliphatic rings. The Bertz CT molecular complexity index is 207. The number of rotatable bonds is 1. The molecule has 1 rings (SSSR count). The van der Waals surface area contributed by atoms with Gasteiger partial charge >= 0.3 is 0 Å². The van der Waals surface area contributed by atoms with Crippen molar-refractivity contribution in [2.24, 2.45) is 0 Å². The van der Waals surface area contributed by atoms with Gasteiger partial charge in [0.15, 0.2) is 5.76 Å². The van der Waals surface area contributed by atoms with Crippen LogP contribution in [0.1, 0.15) is 0 Å². The van der Waals surface area contributed by atoms with Crippen molar-refractivity contribution in [1.82, 2.24) is 0 Å². The molecule has 0 saturated carbocycles. The van der Waals surface area contributed by atoms with Crippen molar-refractivity contribution in [3.63, 3.8) is 0 Å². The molecule has 1 unspecified atom stereocenters. The molecule has 0 aromatic carbocycles. The lowest BCUT2D eigenvalue weighted by atomic mass is 10.2. The van der Waals surface area contributed by atoms with E-state index in [4.69, 9.17) is 15.3 Å².